The van der Waals surface area contributed by atoms with Gasteiger partial charge in [0.15, 0.2) is 0 Å². The predicted octanol–water partition coefficient (Wildman–Crippen LogP) is 0.255. The van der Waals surface area contributed by atoms with Gasteiger partial charge in [0, 0.05) is 37.0 Å². The lowest BCUT2D eigenvalue weighted by Crippen LogP contribution is -2.31. The van der Waals surface area contributed by atoms with Gasteiger partial charge in [-0.2, -0.15) is 0 Å². The van der Waals surface area contributed by atoms with Crippen LogP contribution in [-0.4, -0.2) is 46.2 Å². The summed E-state index contributed by atoms with van der Waals surface area (Å²) in [7, 11) is 0. The average Bonchev–Trinajstić information content (AvgIpc) is 2.74. The molecule has 21 heavy (non-hydrogen) atoms. The highest BCUT2D eigenvalue weighted by atomic mass is 16.5. The molecule has 7 nitrogen and oxygen atoms in total. The lowest BCUT2D eigenvalue weighted by Gasteiger charge is -2.24. The molecular formula is C14H17N5O2. The Bertz CT molecular complexity index is 631. The Balaban J connectivity index is 1.72. The third-order valence-corrected chi connectivity index (χ3v) is 3.46. The van der Waals surface area contributed by atoms with Crippen molar-refractivity contribution in [2.24, 2.45) is 5.92 Å². The summed E-state index contributed by atoms with van der Waals surface area (Å²) in [5.41, 5.74) is 0.666. The molecule has 1 N–H and O–H groups in total. The van der Waals surface area contributed by atoms with E-state index in [0.29, 0.717) is 19.6 Å². The van der Waals surface area contributed by atoms with Crippen molar-refractivity contribution in [2.45, 2.75) is 6.42 Å². The zero-order valence-corrected chi connectivity index (χ0v) is 11.6. The molecular weight excluding hydrogens is 270 g/mol. The third kappa shape index (κ3) is 3.63. The molecule has 7 heteroatoms. The maximum absolute atomic E-state index is 11.3. The van der Waals surface area contributed by atoms with Gasteiger partial charge in [0.25, 0.3) is 5.56 Å². The summed E-state index contributed by atoms with van der Waals surface area (Å²) in [6.45, 7) is 2.96. The largest absolute Gasteiger partial charge is 0.379 e. The van der Waals surface area contributed by atoms with Crippen LogP contribution >= 0.6 is 0 Å². The van der Waals surface area contributed by atoms with E-state index in [1.54, 1.807) is 18.6 Å². The first-order valence-electron chi connectivity index (χ1n) is 6.93. The van der Waals surface area contributed by atoms with Crippen molar-refractivity contribution in [3.8, 4) is 0 Å². The second-order valence-corrected chi connectivity index (χ2v) is 5.06. The number of ether oxygens (including phenoxy) is 1. The van der Waals surface area contributed by atoms with E-state index in [0.717, 1.165) is 24.6 Å². The first-order valence-corrected chi connectivity index (χ1v) is 6.93. The van der Waals surface area contributed by atoms with Crippen LogP contribution in [0.15, 0.2) is 35.8 Å². The zero-order chi connectivity index (χ0) is 14.5. The maximum atomic E-state index is 11.3. The van der Waals surface area contributed by atoms with Gasteiger partial charge in [-0.1, -0.05) is 0 Å². The van der Waals surface area contributed by atoms with Crippen molar-refractivity contribution < 1.29 is 4.74 Å². The number of aromatic nitrogens is 4. The van der Waals surface area contributed by atoms with E-state index in [1.807, 2.05) is 6.07 Å². The number of hydrogen-bond acceptors (Lipinski definition) is 6. The molecule has 0 amide bonds. The fourth-order valence-corrected chi connectivity index (χ4v) is 2.50. The van der Waals surface area contributed by atoms with Gasteiger partial charge in [0.1, 0.15) is 12.1 Å². The van der Waals surface area contributed by atoms with Crippen LogP contribution < -0.4 is 10.5 Å². The lowest BCUT2D eigenvalue weighted by molar-refractivity contribution is 0.123. The number of H-pyrrole nitrogens is 1. The summed E-state index contributed by atoms with van der Waals surface area (Å²) in [6.07, 6.45) is 5.44. The Morgan fingerprint density at radius 3 is 3.19 bits per heavy atom. The maximum Gasteiger partial charge on any atom is 0.250 e. The van der Waals surface area contributed by atoms with Gasteiger partial charge in [-0.15, -0.1) is 0 Å². The van der Waals surface area contributed by atoms with Crippen LogP contribution in [0.4, 0.5) is 5.82 Å². The quantitative estimate of drug-likeness (QED) is 0.871. The smallest absolute Gasteiger partial charge is 0.250 e. The van der Waals surface area contributed by atoms with Crippen LogP contribution in [0.1, 0.15) is 5.69 Å². The summed E-state index contributed by atoms with van der Waals surface area (Å²) in [5, 5.41) is 0. The highest BCUT2D eigenvalue weighted by molar-refractivity contribution is 5.36. The topological polar surface area (TPSA) is 84.0 Å². The average molecular weight is 287 g/mol. The molecule has 0 saturated carbocycles. The van der Waals surface area contributed by atoms with Crippen LogP contribution in [0, 0.1) is 5.92 Å². The molecule has 1 atom stereocenters. The van der Waals surface area contributed by atoms with Crippen molar-refractivity contribution >= 4 is 5.82 Å². The fraction of sp³-hybridized carbons (Fsp3) is 0.429. The van der Waals surface area contributed by atoms with Crippen molar-refractivity contribution in [1.82, 2.24) is 19.9 Å². The first-order chi connectivity index (χ1) is 10.3. The summed E-state index contributed by atoms with van der Waals surface area (Å²) < 4.78 is 5.66. The molecule has 110 valence electrons. The van der Waals surface area contributed by atoms with Crippen LogP contribution in [0.2, 0.25) is 0 Å². The first kappa shape index (κ1) is 13.7. The SMILES string of the molecule is O=c1cc(C[C@@H]2COCCN(c3ccncn3)C2)nc[nH]1. The molecule has 1 aliphatic rings. The standard InChI is InChI=1S/C14H17N5O2/c20-14-6-12(16-10-18-14)5-11-7-19(3-4-21-8-11)13-1-2-15-9-17-13/h1-2,6,9-11H,3-5,7-8H2,(H,16,18,20)/t11-/m0/s1. The van der Waals surface area contributed by atoms with Crippen LogP contribution in [0.3, 0.4) is 0 Å². The van der Waals surface area contributed by atoms with E-state index in [1.165, 1.54) is 6.33 Å². The molecule has 1 fully saturated rings. The monoisotopic (exact) mass is 287 g/mol. The number of nitrogens with one attached hydrogen (secondary N) is 1. The molecule has 0 unspecified atom stereocenters. The molecule has 0 spiro atoms. The number of hydrogen-bond donors (Lipinski definition) is 1. The highest BCUT2D eigenvalue weighted by Crippen LogP contribution is 2.16. The van der Waals surface area contributed by atoms with Gasteiger partial charge in [-0.3, -0.25) is 4.79 Å². The molecule has 2 aromatic rings. The lowest BCUT2D eigenvalue weighted by atomic mass is 10.0. The molecule has 0 aliphatic carbocycles. The minimum atomic E-state index is -0.123. The van der Waals surface area contributed by atoms with Gasteiger partial charge < -0.3 is 14.6 Å². The molecule has 2 aromatic heterocycles. The predicted molar refractivity (Wildman–Crippen MR) is 77.1 cm³/mol. The van der Waals surface area contributed by atoms with Gasteiger partial charge in [0.2, 0.25) is 0 Å². The summed E-state index contributed by atoms with van der Waals surface area (Å²) in [4.78, 5) is 28.5. The molecule has 3 heterocycles. The van der Waals surface area contributed by atoms with Crippen LogP contribution in [0.25, 0.3) is 0 Å². The molecule has 0 aromatic carbocycles. The van der Waals surface area contributed by atoms with Gasteiger partial charge >= 0.3 is 0 Å². The minimum Gasteiger partial charge on any atom is -0.379 e. The van der Waals surface area contributed by atoms with E-state index in [-0.39, 0.29) is 11.5 Å². The van der Waals surface area contributed by atoms with E-state index in [2.05, 4.69) is 24.8 Å². The van der Waals surface area contributed by atoms with Crippen LogP contribution in [-0.2, 0) is 11.2 Å². The summed E-state index contributed by atoms with van der Waals surface area (Å²) in [5.74, 6) is 1.18. The fourth-order valence-electron chi connectivity index (χ4n) is 2.50. The zero-order valence-electron chi connectivity index (χ0n) is 11.6. The van der Waals surface area contributed by atoms with Crippen molar-refractivity contribution in [3.05, 3.63) is 47.0 Å². The van der Waals surface area contributed by atoms with Crippen molar-refractivity contribution in [2.75, 3.05) is 31.2 Å². The Morgan fingerprint density at radius 1 is 1.43 bits per heavy atom. The third-order valence-electron chi connectivity index (χ3n) is 3.46. The molecule has 1 aliphatic heterocycles. The van der Waals surface area contributed by atoms with Crippen molar-refractivity contribution in [1.29, 1.82) is 0 Å². The van der Waals surface area contributed by atoms with Gasteiger partial charge in [0.05, 0.1) is 19.5 Å². The van der Waals surface area contributed by atoms with E-state index >= 15 is 0 Å². The number of anilines is 1. The molecule has 0 bridgehead atoms. The second kappa shape index (κ2) is 6.45. The Hall–Kier alpha value is -2.28. The number of nitrogens with zero attached hydrogens (tertiary/aromatic N) is 4. The van der Waals surface area contributed by atoms with E-state index in [9.17, 15) is 4.79 Å². The van der Waals surface area contributed by atoms with Crippen LogP contribution in [0.5, 0.6) is 0 Å². The molecule has 1 saturated heterocycles. The Morgan fingerprint density at radius 2 is 2.38 bits per heavy atom. The second-order valence-electron chi connectivity index (χ2n) is 5.06. The van der Waals surface area contributed by atoms with E-state index in [4.69, 9.17) is 4.74 Å². The van der Waals surface area contributed by atoms with Gasteiger partial charge in [-0.05, 0) is 12.5 Å². The summed E-state index contributed by atoms with van der Waals surface area (Å²) >= 11 is 0. The normalized spacial score (nSPS) is 19.2. The van der Waals surface area contributed by atoms with Gasteiger partial charge in [-0.25, -0.2) is 15.0 Å². The summed E-state index contributed by atoms with van der Waals surface area (Å²) in [6, 6.07) is 3.44. The number of aromatic amines is 1. The minimum absolute atomic E-state index is 0.123. The molecule has 0 radical (unpaired) electrons. The van der Waals surface area contributed by atoms with E-state index < -0.39 is 0 Å². The Labute approximate surface area is 122 Å². The number of rotatable bonds is 3. The Kier molecular flexibility index (Phi) is 4.20. The highest BCUT2D eigenvalue weighted by Gasteiger charge is 2.20. The van der Waals surface area contributed by atoms with Crippen molar-refractivity contribution in [3.63, 3.8) is 0 Å². The molecule has 3 rings (SSSR count).